The Morgan fingerprint density at radius 3 is 2.50 bits per heavy atom. The third kappa shape index (κ3) is 2.44. The maximum Gasteiger partial charge on any atom is 0.339 e. The normalized spacial score (nSPS) is 12.1. The van der Waals surface area contributed by atoms with E-state index < -0.39 is 23.0 Å². The number of phenols is 1. The van der Waals surface area contributed by atoms with Gasteiger partial charge in [-0.15, -0.1) is 0 Å². The van der Waals surface area contributed by atoms with Crippen molar-refractivity contribution in [3.8, 4) is 5.75 Å². The molecule has 0 aromatic heterocycles. The molecule has 1 rings (SSSR count). The number of carboxylic acid groups (broad SMARTS) is 1. The molecule has 1 aromatic carbocycles. The van der Waals surface area contributed by atoms with Crippen LogP contribution in [0.25, 0.3) is 0 Å². The smallest absolute Gasteiger partial charge is 0.339 e. The summed E-state index contributed by atoms with van der Waals surface area (Å²) >= 11 is -2.25. The van der Waals surface area contributed by atoms with Crippen LogP contribution in [-0.4, -0.2) is 24.9 Å². The standard InChI is InChI=1S/C7H7NO5S/c9-6-3-4(8-14(12)13)1-2-5(6)7(10)11/h1-3,8-9H,(H,10,11)(H,12,13). The Kier molecular flexibility index (Phi) is 3.05. The summed E-state index contributed by atoms with van der Waals surface area (Å²) in [5, 5.41) is 17.7. The molecule has 6 nitrogen and oxygen atoms in total. The van der Waals surface area contributed by atoms with Gasteiger partial charge in [0.2, 0.25) is 0 Å². The van der Waals surface area contributed by atoms with E-state index in [9.17, 15) is 14.1 Å². The van der Waals surface area contributed by atoms with Crippen molar-refractivity contribution in [1.82, 2.24) is 0 Å². The maximum atomic E-state index is 10.5. The van der Waals surface area contributed by atoms with Gasteiger partial charge >= 0.3 is 5.97 Å². The van der Waals surface area contributed by atoms with Crippen molar-refractivity contribution in [3.63, 3.8) is 0 Å². The van der Waals surface area contributed by atoms with Crippen molar-refractivity contribution < 1.29 is 23.8 Å². The highest BCUT2D eigenvalue weighted by Crippen LogP contribution is 2.21. The fourth-order valence-corrected chi connectivity index (χ4v) is 1.21. The molecule has 1 aromatic rings. The second-order valence-corrected chi connectivity index (χ2v) is 3.09. The highest BCUT2D eigenvalue weighted by Gasteiger charge is 2.09. The van der Waals surface area contributed by atoms with E-state index in [-0.39, 0.29) is 11.3 Å². The van der Waals surface area contributed by atoms with Crippen molar-refractivity contribution >= 4 is 22.9 Å². The Labute approximate surface area is 81.6 Å². The first kappa shape index (κ1) is 10.5. The van der Waals surface area contributed by atoms with E-state index in [1.54, 1.807) is 0 Å². The quantitative estimate of drug-likeness (QED) is 0.556. The first-order valence-electron chi connectivity index (χ1n) is 3.44. The number of nitrogens with one attached hydrogen (secondary N) is 1. The van der Waals surface area contributed by atoms with Gasteiger partial charge in [0.1, 0.15) is 11.3 Å². The molecule has 4 N–H and O–H groups in total. The summed E-state index contributed by atoms with van der Waals surface area (Å²) in [7, 11) is 0. The van der Waals surface area contributed by atoms with Gasteiger partial charge in [0, 0.05) is 6.07 Å². The van der Waals surface area contributed by atoms with E-state index in [1.165, 1.54) is 6.07 Å². The zero-order chi connectivity index (χ0) is 10.7. The third-order valence-corrected chi connectivity index (χ3v) is 1.84. The molecular weight excluding hydrogens is 210 g/mol. The van der Waals surface area contributed by atoms with Gasteiger partial charge in [0.05, 0.1) is 5.69 Å². The average Bonchev–Trinajstić information content (AvgIpc) is 2.01. The van der Waals surface area contributed by atoms with Gasteiger partial charge in [0.15, 0.2) is 0 Å². The van der Waals surface area contributed by atoms with Crippen molar-refractivity contribution in [3.05, 3.63) is 23.8 Å². The number of carboxylic acids is 1. The van der Waals surface area contributed by atoms with Gasteiger partial charge in [-0.25, -0.2) is 9.00 Å². The van der Waals surface area contributed by atoms with Gasteiger partial charge < -0.3 is 10.2 Å². The van der Waals surface area contributed by atoms with E-state index in [0.29, 0.717) is 0 Å². The molecule has 0 heterocycles. The topological polar surface area (TPSA) is 107 Å². The van der Waals surface area contributed by atoms with Crippen molar-refractivity contribution in [2.75, 3.05) is 4.72 Å². The largest absolute Gasteiger partial charge is 0.507 e. The van der Waals surface area contributed by atoms with Crippen molar-refractivity contribution in [2.24, 2.45) is 0 Å². The van der Waals surface area contributed by atoms with Gasteiger partial charge in [-0.05, 0) is 12.1 Å². The minimum atomic E-state index is -2.25. The molecule has 0 spiro atoms. The van der Waals surface area contributed by atoms with Gasteiger partial charge in [-0.2, -0.15) is 0 Å². The molecule has 0 saturated heterocycles. The van der Waals surface area contributed by atoms with Crippen LogP contribution in [0.3, 0.4) is 0 Å². The molecule has 0 fully saturated rings. The van der Waals surface area contributed by atoms with Crippen LogP contribution in [0.1, 0.15) is 10.4 Å². The molecule has 7 heteroatoms. The van der Waals surface area contributed by atoms with Crippen LogP contribution in [0.4, 0.5) is 5.69 Å². The van der Waals surface area contributed by atoms with E-state index in [1.807, 2.05) is 0 Å². The lowest BCUT2D eigenvalue weighted by Gasteiger charge is -2.03. The van der Waals surface area contributed by atoms with Crippen LogP contribution >= 0.6 is 0 Å². The van der Waals surface area contributed by atoms with E-state index in [4.69, 9.17) is 9.66 Å². The molecule has 76 valence electrons. The molecule has 0 saturated carbocycles. The summed E-state index contributed by atoms with van der Waals surface area (Å²) in [5.74, 6) is -1.73. The van der Waals surface area contributed by atoms with Gasteiger partial charge in [0.25, 0.3) is 11.3 Å². The Morgan fingerprint density at radius 1 is 1.43 bits per heavy atom. The summed E-state index contributed by atoms with van der Waals surface area (Å²) in [6.07, 6.45) is 0. The van der Waals surface area contributed by atoms with E-state index >= 15 is 0 Å². The molecule has 0 aliphatic rings. The SMILES string of the molecule is O=C(O)c1ccc(NS(=O)O)cc1O. The van der Waals surface area contributed by atoms with Gasteiger partial charge in [-0.1, -0.05) is 0 Å². The molecule has 14 heavy (non-hydrogen) atoms. The average molecular weight is 217 g/mol. The summed E-state index contributed by atoms with van der Waals surface area (Å²) in [6.45, 7) is 0. The monoisotopic (exact) mass is 217 g/mol. The maximum absolute atomic E-state index is 10.5. The van der Waals surface area contributed by atoms with Crippen molar-refractivity contribution in [2.45, 2.75) is 0 Å². The zero-order valence-corrected chi connectivity index (χ0v) is 7.61. The molecule has 1 atom stereocenters. The van der Waals surface area contributed by atoms with Crippen LogP contribution in [0.2, 0.25) is 0 Å². The second-order valence-electron chi connectivity index (χ2n) is 2.39. The Morgan fingerprint density at radius 2 is 2.07 bits per heavy atom. The number of hydrogen-bond donors (Lipinski definition) is 4. The van der Waals surface area contributed by atoms with E-state index in [2.05, 4.69) is 4.72 Å². The fourth-order valence-electron chi connectivity index (χ4n) is 0.877. The highest BCUT2D eigenvalue weighted by atomic mass is 32.2. The summed E-state index contributed by atoms with van der Waals surface area (Å²) in [4.78, 5) is 10.5. The number of aromatic hydroxyl groups is 1. The molecule has 1 unspecified atom stereocenters. The Bertz CT molecular complexity index is 392. The molecule has 0 radical (unpaired) electrons. The Hall–Kier alpha value is -1.60. The molecule has 0 amide bonds. The number of hydrogen-bond acceptors (Lipinski definition) is 3. The molecule has 0 bridgehead atoms. The van der Waals surface area contributed by atoms with E-state index in [0.717, 1.165) is 12.1 Å². The molecule has 0 aliphatic heterocycles. The Balaban J connectivity index is 3.00. The first-order chi connectivity index (χ1) is 6.50. The number of benzene rings is 1. The summed E-state index contributed by atoms with van der Waals surface area (Å²) < 4.78 is 20.8. The minimum absolute atomic E-state index is 0.160. The van der Waals surface area contributed by atoms with Crippen LogP contribution in [0, 0.1) is 0 Å². The van der Waals surface area contributed by atoms with Crippen LogP contribution in [-0.2, 0) is 11.3 Å². The predicted molar refractivity (Wildman–Crippen MR) is 49.5 cm³/mol. The fraction of sp³-hybridized carbons (Fsp3) is 0. The lowest BCUT2D eigenvalue weighted by molar-refractivity contribution is 0.0694. The first-order valence-corrected chi connectivity index (χ1v) is 4.55. The minimum Gasteiger partial charge on any atom is -0.507 e. The van der Waals surface area contributed by atoms with Crippen LogP contribution in [0.15, 0.2) is 18.2 Å². The zero-order valence-electron chi connectivity index (χ0n) is 6.80. The lowest BCUT2D eigenvalue weighted by atomic mass is 10.2. The molecular formula is C7H7NO5S. The number of carbonyl (C=O) groups is 1. The summed E-state index contributed by atoms with van der Waals surface area (Å²) in [5.41, 5.74) is -0.104. The van der Waals surface area contributed by atoms with Gasteiger partial charge in [-0.3, -0.25) is 9.27 Å². The van der Waals surface area contributed by atoms with Crippen LogP contribution in [0.5, 0.6) is 5.75 Å². The van der Waals surface area contributed by atoms with Crippen LogP contribution < -0.4 is 4.72 Å². The summed E-state index contributed by atoms with van der Waals surface area (Å²) in [6, 6.07) is 3.46. The third-order valence-electron chi connectivity index (χ3n) is 1.43. The number of rotatable bonds is 3. The lowest BCUT2D eigenvalue weighted by Crippen LogP contribution is -2.03. The number of anilines is 1. The number of aromatic carboxylic acids is 1. The van der Waals surface area contributed by atoms with Crippen molar-refractivity contribution in [1.29, 1.82) is 0 Å². The molecule has 0 aliphatic carbocycles. The second kappa shape index (κ2) is 4.07. The predicted octanol–water partition coefficient (Wildman–Crippen LogP) is 0.639. The highest BCUT2D eigenvalue weighted by molar-refractivity contribution is 7.80.